The molecule has 6 heteroatoms. The molecule has 0 bridgehead atoms. The Labute approximate surface area is 153 Å². The summed E-state index contributed by atoms with van der Waals surface area (Å²) in [4.78, 5) is 27.3. The SMILES string of the molecule is CCc1[nH]c2cc(OCC(C)C)c(OCC(C)C)cc2c(=O)c1C(=O)O. The number of aryl methyl sites for hydroxylation is 1. The number of ether oxygens (including phenoxy) is 2. The zero-order valence-electron chi connectivity index (χ0n) is 16.0. The minimum Gasteiger partial charge on any atom is -0.489 e. The third-order valence-electron chi connectivity index (χ3n) is 3.85. The van der Waals surface area contributed by atoms with Gasteiger partial charge >= 0.3 is 5.97 Å². The summed E-state index contributed by atoms with van der Waals surface area (Å²) in [5.41, 5.74) is 0.228. The Kier molecular flexibility index (Phi) is 6.29. The predicted octanol–water partition coefficient (Wildman–Crippen LogP) is 3.86. The third-order valence-corrected chi connectivity index (χ3v) is 3.85. The maximum atomic E-state index is 12.7. The van der Waals surface area contributed by atoms with Gasteiger partial charge in [0.1, 0.15) is 5.56 Å². The van der Waals surface area contributed by atoms with Crippen molar-refractivity contribution in [2.45, 2.75) is 41.0 Å². The summed E-state index contributed by atoms with van der Waals surface area (Å²) in [5, 5.41) is 9.69. The highest BCUT2D eigenvalue weighted by Gasteiger charge is 2.19. The fourth-order valence-corrected chi connectivity index (χ4v) is 2.58. The van der Waals surface area contributed by atoms with Crippen molar-refractivity contribution in [1.29, 1.82) is 0 Å². The summed E-state index contributed by atoms with van der Waals surface area (Å²) in [6.45, 7) is 10.9. The van der Waals surface area contributed by atoms with Gasteiger partial charge in [-0.3, -0.25) is 4.79 Å². The van der Waals surface area contributed by atoms with Crippen LogP contribution in [0.15, 0.2) is 16.9 Å². The van der Waals surface area contributed by atoms with E-state index in [9.17, 15) is 14.7 Å². The van der Waals surface area contributed by atoms with E-state index in [1.165, 1.54) is 0 Å². The van der Waals surface area contributed by atoms with Gasteiger partial charge in [-0.1, -0.05) is 34.6 Å². The van der Waals surface area contributed by atoms with Crippen molar-refractivity contribution in [3.8, 4) is 11.5 Å². The largest absolute Gasteiger partial charge is 0.489 e. The molecular weight excluding hydrogens is 334 g/mol. The quantitative estimate of drug-likeness (QED) is 0.745. The second-order valence-electron chi connectivity index (χ2n) is 7.22. The molecule has 0 aliphatic heterocycles. The fourth-order valence-electron chi connectivity index (χ4n) is 2.58. The van der Waals surface area contributed by atoms with E-state index < -0.39 is 11.4 Å². The van der Waals surface area contributed by atoms with E-state index in [1.54, 1.807) is 19.1 Å². The van der Waals surface area contributed by atoms with E-state index in [-0.39, 0.29) is 10.9 Å². The zero-order chi connectivity index (χ0) is 19.4. The summed E-state index contributed by atoms with van der Waals surface area (Å²) >= 11 is 0. The van der Waals surface area contributed by atoms with Crippen LogP contribution in [0.3, 0.4) is 0 Å². The number of pyridine rings is 1. The summed E-state index contributed by atoms with van der Waals surface area (Å²) in [7, 11) is 0. The summed E-state index contributed by atoms with van der Waals surface area (Å²) in [6, 6.07) is 3.30. The number of aromatic carboxylic acids is 1. The normalized spacial score (nSPS) is 11.3. The molecule has 1 heterocycles. The molecule has 142 valence electrons. The molecule has 6 nitrogen and oxygen atoms in total. The fraction of sp³-hybridized carbons (Fsp3) is 0.500. The van der Waals surface area contributed by atoms with Gasteiger partial charge < -0.3 is 19.6 Å². The molecular formula is C20H27NO5. The van der Waals surface area contributed by atoms with Gasteiger partial charge in [0.25, 0.3) is 0 Å². The van der Waals surface area contributed by atoms with Crippen molar-refractivity contribution in [3.63, 3.8) is 0 Å². The molecule has 0 saturated carbocycles. The van der Waals surface area contributed by atoms with E-state index in [0.717, 1.165) is 0 Å². The molecule has 2 N–H and O–H groups in total. The molecule has 2 rings (SSSR count). The number of carboxylic acid groups (broad SMARTS) is 1. The molecule has 0 radical (unpaired) electrons. The molecule has 0 atom stereocenters. The second kappa shape index (κ2) is 8.25. The lowest BCUT2D eigenvalue weighted by Crippen LogP contribution is -2.20. The average molecular weight is 361 g/mol. The monoisotopic (exact) mass is 361 g/mol. The molecule has 0 spiro atoms. The van der Waals surface area contributed by atoms with Crippen molar-refractivity contribution >= 4 is 16.9 Å². The summed E-state index contributed by atoms with van der Waals surface area (Å²) in [5.74, 6) is 0.419. The van der Waals surface area contributed by atoms with Crippen molar-refractivity contribution in [3.05, 3.63) is 33.6 Å². The summed E-state index contributed by atoms with van der Waals surface area (Å²) in [6.07, 6.45) is 0.417. The number of nitrogens with one attached hydrogen (secondary N) is 1. The van der Waals surface area contributed by atoms with Crippen LogP contribution in [0.5, 0.6) is 11.5 Å². The van der Waals surface area contributed by atoms with Crippen LogP contribution in [-0.4, -0.2) is 29.3 Å². The van der Waals surface area contributed by atoms with Crippen molar-refractivity contribution in [2.24, 2.45) is 11.8 Å². The molecule has 0 unspecified atom stereocenters. The van der Waals surface area contributed by atoms with Gasteiger partial charge in [-0.2, -0.15) is 0 Å². The van der Waals surface area contributed by atoms with Crippen molar-refractivity contribution < 1.29 is 19.4 Å². The van der Waals surface area contributed by atoms with E-state index in [2.05, 4.69) is 4.98 Å². The highest BCUT2D eigenvalue weighted by molar-refractivity contribution is 5.94. The zero-order valence-corrected chi connectivity index (χ0v) is 16.0. The number of benzene rings is 1. The first-order chi connectivity index (χ1) is 12.2. The van der Waals surface area contributed by atoms with Crippen LogP contribution in [0.4, 0.5) is 0 Å². The Hall–Kier alpha value is -2.50. The lowest BCUT2D eigenvalue weighted by Gasteiger charge is -2.17. The first-order valence-corrected chi connectivity index (χ1v) is 8.96. The number of carbonyl (C=O) groups is 1. The molecule has 2 aromatic rings. The molecule has 0 amide bonds. The first kappa shape index (κ1) is 19.8. The van der Waals surface area contributed by atoms with Crippen LogP contribution in [0, 0.1) is 11.8 Å². The average Bonchev–Trinajstić information content (AvgIpc) is 2.57. The Morgan fingerprint density at radius 2 is 1.62 bits per heavy atom. The Bertz CT molecular complexity index is 851. The highest BCUT2D eigenvalue weighted by atomic mass is 16.5. The number of hydrogen-bond donors (Lipinski definition) is 2. The van der Waals surface area contributed by atoms with Crippen LogP contribution in [0.1, 0.15) is 50.7 Å². The minimum absolute atomic E-state index is 0.217. The topological polar surface area (TPSA) is 88.6 Å². The van der Waals surface area contributed by atoms with Gasteiger partial charge in [0.05, 0.1) is 24.1 Å². The van der Waals surface area contributed by atoms with E-state index in [1.807, 2.05) is 27.7 Å². The Morgan fingerprint density at radius 3 is 2.08 bits per heavy atom. The van der Waals surface area contributed by atoms with E-state index in [4.69, 9.17) is 9.47 Å². The molecule has 0 fully saturated rings. The van der Waals surface area contributed by atoms with Crippen LogP contribution in [0.2, 0.25) is 0 Å². The van der Waals surface area contributed by atoms with Crippen molar-refractivity contribution in [2.75, 3.05) is 13.2 Å². The summed E-state index contributed by atoms with van der Waals surface area (Å²) < 4.78 is 11.7. The predicted molar refractivity (Wildman–Crippen MR) is 102 cm³/mol. The number of aromatic nitrogens is 1. The smallest absolute Gasteiger partial charge is 0.341 e. The van der Waals surface area contributed by atoms with Crippen LogP contribution in [-0.2, 0) is 6.42 Å². The molecule has 0 saturated heterocycles. The molecule has 26 heavy (non-hydrogen) atoms. The van der Waals surface area contributed by atoms with Crippen molar-refractivity contribution in [1.82, 2.24) is 4.98 Å². The minimum atomic E-state index is -1.23. The highest BCUT2D eigenvalue weighted by Crippen LogP contribution is 2.32. The molecule has 0 aliphatic rings. The van der Waals surface area contributed by atoms with E-state index in [0.29, 0.717) is 54.2 Å². The van der Waals surface area contributed by atoms with E-state index >= 15 is 0 Å². The van der Waals surface area contributed by atoms with Crippen LogP contribution in [0.25, 0.3) is 10.9 Å². The molecule has 0 aliphatic carbocycles. The Balaban J connectivity index is 2.65. The first-order valence-electron chi connectivity index (χ1n) is 8.96. The van der Waals surface area contributed by atoms with Gasteiger partial charge in [0, 0.05) is 11.8 Å². The van der Waals surface area contributed by atoms with Crippen LogP contribution < -0.4 is 14.9 Å². The standard InChI is InChI=1S/C20H27NO5/c1-6-14-18(20(23)24)19(22)13-7-16(25-9-11(2)3)17(8-15(13)21-14)26-10-12(4)5/h7-8,11-12H,6,9-10H2,1-5H3,(H,21,22)(H,23,24). The van der Waals surface area contributed by atoms with Gasteiger partial charge in [-0.05, 0) is 24.3 Å². The number of fused-ring (bicyclic) bond motifs is 1. The lowest BCUT2D eigenvalue weighted by atomic mass is 10.1. The van der Waals surface area contributed by atoms with Gasteiger partial charge in [0.15, 0.2) is 11.5 Å². The van der Waals surface area contributed by atoms with Crippen LogP contribution >= 0.6 is 0 Å². The maximum absolute atomic E-state index is 12.7. The molecule has 1 aromatic carbocycles. The number of carboxylic acids is 1. The van der Waals surface area contributed by atoms with Gasteiger partial charge in [0.2, 0.25) is 5.43 Å². The van der Waals surface area contributed by atoms with Gasteiger partial charge in [-0.25, -0.2) is 4.79 Å². The van der Waals surface area contributed by atoms with Gasteiger partial charge in [-0.15, -0.1) is 0 Å². The number of H-pyrrole nitrogens is 1. The number of rotatable bonds is 8. The Morgan fingerprint density at radius 1 is 1.08 bits per heavy atom. The number of aromatic amines is 1. The number of hydrogen-bond acceptors (Lipinski definition) is 4. The lowest BCUT2D eigenvalue weighted by molar-refractivity contribution is 0.0694. The molecule has 1 aromatic heterocycles. The maximum Gasteiger partial charge on any atom is 0.341 e. The third kappa shape index (κ3) is 4.36. The second-order valence-corrected chi connectivity index (χ2v) is 7.22.